The lowest BCUT2D eigenvalue weighted by Crippen LogP contribution is -2.23. The Morgan fingerprint density at radius 3 is 2.74 bits per heavy atom. The maximum Gasteiger partial charge on any atom is 0.308 e. The second-order valence-electron chi connectivity index (χ2n) is 7.32. The normalized spacial score (nSPS) is 21.7. The minimum Gasteiger partial charge on any atom is -0.481 e. The summed E-state index contributed by atoms with van der Waals surface area (Å²) in [7, 11) is 0. The molecule has 27 heavy (non-hydrogen) atoms. The molecule has 0 aliphatic carbocycles. The molecule has 0 amide bonds. The molecule has 1 aromatic carbocycles. The van der Waals surface area contributed by atoms with Crippen LogP contribution in [0.15, 0.2) is 18.2 Å². The van der Waals surface area contributed by atoms with Crippen molar-refractivity contribution in [2.75, 3.05) is 19.9 Å². The highest BCUT2D eigenvalue weighted by Crippen LogP contribution is 2.39. The Hall–Kier alpha value is -2.54. The zero-order valence-electron chi connectivity index (χ0n) is 15.9. The summed E-state index contributed by atoms with van der Waals surface area (Å²) in [6.07, 6.45) is 0. The molecule has 0 radical (unpaired) electrons. The molecule has 3 heterocycles. The minimum atomic E-state index is -0.752. The highest BCUT2D eigenvalue weighted by Gasteiger charge is 2.39. The Morgan fingerprint density at radius 1 is 1.26 bits per heavy atom. The summed E-state index contributed by atoms with van der Waals surface area (Å²) in [4.78, 5) is 14.1. The monoisotopic (exact) mass is 371 g/mol. The van der Waals surface area contributed by atoms with Gasteiger partial charge in [0, 0.05) is 43.4 Å². The number of fused-ring (bicyclic) bond motifs is 1. The van der Waals surface area contributed by atoms with Gasteiger partial charge in [-0.3, -0.25) is 14.4 Å². The van der Waals surface area contributed by atoms with Crippen molar-refractivity contribution in [1.29, 1.82) is 0 Å². The fourth-order valence-corrected chi connectivity index (χ4v) is 4.24. The number of benzene rings is 1. The van der Waals surface area contributed by atoms with Crippen molar-refractivity contribution >= 4 is 5.97 Å². The van der Waals surface area contributed by atoms with Gasteiger partial charge in [0.1, 0.15) is 0 Å². The average molecular weight is 371 g/mol. The van der Waals surface area contributed by atoms with Crippen LogP contribution in [-0.2, 0) is 17.9 Å². The van der Waals surface area contributed by atoms with E-state index >= 15 is 0 Å². The van der Waals surface area contributed by atoms with Gasteiger partial charge in [-0.05, 0) is 38.5 Å². The first kappa shape index (κ1) is 17.9. The number of carboxylic acid groups (broad SMARTS) is 1. The largest absolute Gasteiger partial charge is 0.481 e. The lowest BCUT2D eigenvalue weighted by molar-refractivity contribution is -0.141. The maximum atomic E-state index is 11.9. The van der Waals surface area contributed by atoms with Gasteiger partial charge in [-0.15, -0.1) is 0 Å². The maximum absolute atomic E-state index is 11.9. The third-order valence-corrected chi connectivity index (χ3v) is 5.75. The molecule has 7 nitrogen and oxygen atoms in total. The van der Waals surface area contributed by atoms with Gasteiger partial charge in [0.05, 0.1) is 11.6 Å². The van der Waals surface area contributed by atoms with E-state index in [2.05, 4.69) is 23.8 Å². The Bertz CT molecular complexity index is 876. The predicted molar refractivity (Wildman–Crippen MR) is 99.1 cm³/mol. The molecule has 7 heteroatoms. The highest BCUT2D eigenvalue weighted by molar-refractivity contribution is 5.72. The van der Waals surface area contributed by atoms with E-state index in [1.165, 1.54) is 5.56 Å². The SMILES string of the molecule is CCn1nc(C)c(CN2C[C@H](C(=O)O)[C@@H](c3ccc4c(c3)OCO4)C2)c1C. The second kappa shape index (κ2) is 6.88. The van der Waals surface area contributed by atoms with Crippen LogP contribution in [0.3, 0.4) is 0 Å². The Kier molecular flexibility index (Phi) is 4.55. The summed E-state index contributed by atoms with van der Waals surface area (Å²) in [6, 6.07) is 5.76. The molecule has 2 aliphatic rings. The summed E-state index contributed by atoms with van der Waals surface area (Å²) < 4.78 is 12.8. The summed E-state index contributed by atoms with van der Waals surface area (Å²) in [6.45, 7) is 9.20. The van der Waals surface area contributed by atoms with Crippen molar-refractivity contribution in [2.24, 2.45) is 5.92 Å². The smallest absolute Gasteiger partial charge is 0.308 e. The zero-order valence-corrected chi connectivity index (χ0v) is 15.9. The van der Waals surface area contributed by atoms with Crippen molar-refractivity contribution in [3.05, 3.63) is 40.7 Å². The quantitative estimate of drug-likeness (QED) is 0.870. The Balaban J connectivity index is 1.57. The molecule has 0 unspecified atom stereocenters. The van der Waals surface area contributed by atoms with Gasteiger partial charge >= 0.3 is 5.97 Å². The van der Waals surface area contributed by atoms with Crippen LogP contribution < -0.4 is 9.47 Å². The Labute approximate surface area is 158 Å². The van der Waals surface area contributed by atoms with Crippen LogP contribution in [0.1, 0.15) is 35.4 Å². The van der Waals surface area contributed by atoms with Gasteiger partial charge in [0.15, 0.2) is 11.5 Å². The number of aliphatic carboxylic acids is 1. The number of rotatable bonds is 5. The van der Waals surface area contributed by atoms with E-state index in [0.29, 0.717) is 18.8 Å². The van der Waals surface area contributed by atoms with Gasteiger partial charge in [-0.1, -0.05) is 6.07 Å². The third-order valence-electron chi connectivity index (χ3n) is 5.75. The lowest BCUT2D eigenvalue weighted by Gasteiger charge is -2.17. The van der Waals surface area contributed by atoms with Crippen LogP contribution in [0.2, 0.25) is 0 Å². The lowest BCUT2D eigenvalue weighted by atomic mass is 9.89. The number of hydrogen-bond acceptors (Lipinski definition) is 5. The molecule has 0 spiro atoms. The first-order valence-electron chi connectivity index (χ1n) is 9.35. The summed E-state index contributed by atoms with van der Waals surface area (Å²) in [5.74, 6) is 0.161. The predicted octanol–water partition coefficient (Wildman–Crippen LogP) is 2.55. The molecule has 0 bridgehead atoms. The van der Waals surface area contributed by atoms with E-state index in [0.717, 1.165) is 35.8 Å². The molecule has 2 aromatic rings. The molecule has 2 atom stereocenters. The molecule has 1 N–H and O–H groups in total. The molecule has 144 valence electrons. The van der Waals surface area contributed by atoms with Crippen LogP contribution in [0.5, 0.6) is 11.5 Å². The summed E-state index contributed by atoms with van der Waals surface area (Å²) in [5, 5.41) is 14.4. The fourth-order valence-electron chi connectivity index (χ4n) is 4.24. The zero-order chi connectivity index (χ0) is 19.1. The van der Waals surface area contributed by atoms with Gasteiger partial charge in [0.25, 0.3) is 0 Å². The summed E-state index contributed by atoms with van der Waals surface area (Å²) in [5.41, 5.74) is 4.38. The fraction of sp³-hybridized carbons (Fsp3) is 0.500. The van der Waals surface area contributed by atoms with Crippen molar-refractivity contribution in [2.45, 2.75) is 39.8 Å². The van der Waals surface area contributed by atoms with Gasteiger partial charge in [-0.25, -0.2) is 0 Å². The molecule has 1 aromatic heterocycles. The van der Waals surface area contributed by atoms with E-state index in [1.54, 1.807) is 0 Å². The van der Waals surface area contributed by atoms with Crippen LogP contribution in [0, 0.1) is 19.8 Å². The van der Waals surface area contributed by atoms with Gasteiger partial charge in [0.2, 0.25) is 6.79 Å². The number of ether oxygens (including phenoxy) is 2. The standard InChI is InChI=1S/C20H25N3O4/c1-4-23-13(3)15(12(2)21-23)8-22-9-16(17(10-22)20(24)25)14-5-6-18-19(7-14)27-11-26-18/h5-7,16-17H,4,8-11H2,1-3H3,(H,24,25)/t16-,17+/m1/s1. The van der Waals surface area contributed by atoms with E-state index in [1.807, 2.05) is 29.8 Å². The number of aryl methyl sites for hydroxylation is 2. The van der Waals surface area contributed by atoms with Crippen LogP contribution >= 0.6 is 0 Å². The molecule has 1 saturated heterocycles. The van der Waals surface area contributed by atoms with E-state index in [4.69, 9.17) is 9.47 Å². The van der Waals surface area contributed by atoms with Crippen molar-refractivity contribution in [1.82, 2.24) is 14.7 Å². The second-order valence-corrected chi connectivity index (χ2v) is 7.32. The van der Waals surface area contributed by atoms with Crippen LogP contribution in [0.4, 0.5) is 0 Å². The molecule has 2 aliphatic heterocycles. The molecule has 1 fully saturated rings. The topological polar surface area (TPSA) is 76.8 Å². The molecular formula is C20H25N3O4. The van der Waals surface area contributed by atoms with Gasteiger partial charge in [-0.2, -0.15) is 5.10 Å². The van der Waals surface area contributed by atoms with Crippen LogP contribution in [0.25, 0.3) is 0 Å². The number of aromatic nitrogens is 2. The van der Waals surface area contributed by atoms with Crippen molar-refractivity contribution < 1.29 is 19.4 Å². The van der Waals surface area contributed by atoms with Crippen LogP contribution in [-0.4, -0.2) is 45.6 Å². The van der Waals surface area contributed by atoms with E-state index in [9.17, 15) is 9.90 Å². The number of carbonyl (C=O) groups is 1. The number of nitrogens with zero attached hydrogens (tertiary/aromatic N) is 3. The van der Waals surface area contributed by atoms with E-state index in [-0.39, 0.29) is 12.7 Å². The van der Waals surface area contributed by atoms with E-state index < -0.39 is 11.9 Å². The highest BCUT2D eigenvalue weighted by atomic mass is 16.7. The molecule has 4 rings (SSSR count). The molecular weight excluding hydrogens is 346 g/mol. The van der Waals surface area contributed by atoms with Crippen molar-refractivity contribution in [3.63, 3.8) is 0 Å². The third kappa shape index (κ3) is 3.16. The summed E-state index contributed by atoms with van der Waals surface area (Å²) >= 11 is 0. The number of hydrogen-bond donors (Lipinski definition) is 1. The van der Waals surface area contributed by atoms with Crippen molar-refractivity contribution in [3.8, 4) is 11.5 Å². The minimum absolute atomic E-state index is 0.0705. The molecule has 0 saturated carbocycles. The number of carboxylic acids is 1. The first-order chi connectivity index (χ1) is 13.0. The first-order valence-corrected chi connectivity index (χ1v) is 9.35. The Morgan fingerprint density at radius 2 is 2.04 bits per heavy atom. The number of likely N-dealkylation sites (tertiary alicyclic amines) is 1. The average Bonchev–Trinajstić information content (AvgIpc) is 3.34. The van der Waals surface area contributed by atoms with Gasteiger partial charge < -0.3 is 14.6 Å².